The van der Waals surface area contributed by atoms with Gasteiger partial charge in [-0.1, -0.05) is 18.2 Å². The van der Waals surface area contributed by atoms with Crippen molar-refractivity contribution < 1.29 is 24.5 Å². The lowest BCUT2D eigenvalue weighted by Gasteiger charge is -2.09. The van der Waals surface area contributed by atoms with Gasteiger partial charge in [0.15, 0.2) is 23.0 Å². The molecular formula is C19H18O5. The van der Waals surface area contributed by atoms with Gasteiger partial charge in [-0.2, -0.15) is 0 Å². The van der Waals surface area contributed by atoms with Crippen LogP contribution in [0.25, 0.3) is 6.08 Å². The minimum absolute atomic E-state index is 0.223. The van der Waals surface area contributed by atoms with Gasteiger partial charge >= 0.3 is 5.97 Å². The third kappa shape index (κ3) is 4.39. The molecule has 2 N–H and O–H groups in total. The predicted molar refractivity (Wildman–Crippen MR) is 91.3 cm³/mol. The van der Waals surface area contributed by atoms with Crippen molar-refractivity contribution in [1.29, 1.82) is 0 Å². The number of rotatable bonds is 6. The number of methoxy groups -OCH3 is 1. The first-order valence-corrected chi connectivity index (χ1v) is 7.23. The summed E-state index contributed by atoms with van der Waals surface area (Å²) in [5.74, 6) is -0.298. The van der Waals surface area contributed by atoms with Gasteiger partial charge in [0.2, 0.25) is 0 Å². The molecule has 0 aliphatic heterocycles. The van der Waals surface area contributed by atoms with E-state index in [2.05, 4.69) is 6.58 Å². The van der Waals surface area contributed by atoms with E-state index in [1.54, 1.807) is 24.3 Å². The quantitative estimate of drug-likeness (QED) is 0.279. The second-order valence-electron chi connectivity index (χ2n) is 4.98. The SMILES string of the molecule is C=CCc1ccc(OC(=O)C=Cc2ccc(O)c(O)c2)c(OC)c1. The Balaban J connectivity index is 2.10. The molecule has 0 heterocycles. The highest BCUT2D eigenvalue weighted by molar-refractivity contribution is 5.89. The predicted octanol–water partition coefficient (Wildman–Crippen LogP) is 3.45. The molecule has 5 heteroatoms. The number of phenols is 2. The van der Waals surface area contributed by atoms with Crippen molar-refractivity contribution in [2.75, 3.05) is 7.11 Å². The number of hydrogen-bond donors (Lipinski definition) is 2. The molecule has 0 atom stereocenters. The Morgan fingerprint density at radius 1 is 1.12 bits per heavy atom. The lowest BCUT2D eigenvalue weighted by molar-refractivity contribution is -0.129. The largest absolute Gasteiger partial charge is 0.504 e. The zero-order chi connectivity index (χ0) is 17.5. The summed E-state index contributed by atoms with van der Waals surface area (Å²) in [6, 6.07) is 9.51. The molecule has 0 aliphatic carbocycles. The van der Waals surface area contributed by atoms with Gasteiger partial charge in [0.05, 0.1) is 7.11 Å². The van der Waals surface area contributed by atoms with E-state index in [0.29, 0.717) is 23.5 Å². The summed E-state index contributed by atoms with van der Waals surface area (Å²) < 4.78 is 10.5. The number of carbonyl (C=O) groups is 1. The molecule has 124 valence electrons. The fourth-order valence-electron chi connectivity index (χ4n) is 2.04. The Bertz CT molecular complexity index is 777. The Kier molecular flexibility index (Phi) is 5.63. The molecule has 2 aromatic carbocycles. The molecule has 0 radical (unpaired) electrons. The molecule has 0 aliphatic rings. The van der Waals surface area contributed by atoms with Crippen LogP contribution in [-0.2, 0) is 11.2 Å². The first kappa shape index (κ1) is 17.1. The summed E-state index contributed by atoms with van der Waals surface area (Å²) in [4.78, 5) is 11.9. The molecule has 0 unspecified atom stereocenters. The van der Waals surface area contributed by atoms with Crippen molar-refractivity contribution >= 4 is 12.0 Å². The van der Waals surface area contributed by atoms with Crippen LogP contribution >= 0.6 is 0 Å². The minimum atomic E-state index is -0.586. The first-order valence-electron chi connectivity index (χ1n) is 7.23. The Morgan fingerprint density at radius 2 is 1.92 bits per heavy atom. The van der Waals surface area contributed by atoms with E-state index in [1.807, 2.05) is 6.07 Å². The molecule has 0 saturated carbocycles. The van der Waals surface area contributed by atoms with Crippen molar-refractivity contribution in [3.05, 3.63) is 66.3 Å². The summed E-state index contributed by atoms with van der Waals surface area (Å²) in [5.41, 5.74) is 1.55. The van der Waals surface area contributed by atoms with E-state index in [9.17, 15) is 15.0 Å². The van der Waals surface area contributed by atoms with Crippen LogP contribution in [0.3, 0.4) is 0 Å². The van der Waals surface area contributed by atoms with E-state index in [4.69, 9.17) is 9.47 Å². The van der Waals surface area contributed by atoms with Crippen LogP contribution in [0.1, 0.15) is 11.1 Å². The van der Waals surface area contributed by atoms with Gasteiger partial charge < -0.3 is 19.7 Å². The van der Waals surface area contributed by atoms with Crippen molar-refractivity contribution in [3.8, 4) is 23.0 Å². The topological polar surface area (TPSA) is 76.0 Å². The molecule has 5 nitrogen and oxygen atoms in total. The highest BCUT2D eigenvalue weighted by Crippen LogP contribution is 2.29. The lowest BCUT2D eigenvalue weighted by Crippen LogP contribution is -2.05. The number of benzene rings is 2. The molecule has 0 bridgehead atoms. The fourth-order valence-corrected chi connectivity index (χ4v) is 2.04. The molecule has 0 aromatic heterocycles. The number of ether oxygens (including phenoxy) is 2. The average molecular weight is 326 g/mol. The summed E-state index contributed by atoms with van der Waals surface area (Å²) >= 11 is 0. The molecule has 2 rings (SSSR count). The summed E-state index contributed by atoms with van der Waals surface area (Å²) in [6.07, 6.45) is 5.16. The second-order valence-corrected chi connectivity index (χ2v) is 4.98. The van der Waals surface area contributed by atoms with E-state index in [-0.39, 0.29) is 11.5 Å². The standard InChI is InChI=1S/C19H18O5/c1-3-4-13-6-9-17(18(12-13)23-2)24-19(22)10-7-14-5-8-15(20)16(21)11-14/h3,5-12,20-21H,1,4H2,2H3. The van der Waals surface area contributed by atoms with Crippen LogP contribution in [0.15, 0.2) is 55.1 Å². The third-order valence-corrected chi connectivity index (χ3v) is 3.23. The van der Waals surface area contributed by atoms with E-state index in [0.717, 1.165) is 5.56 Å². The van der Waals surface area contributed by atoms with Crippen LogP contribution in [-0.4, -0.2) is 23.3 Å². The van der Waals surface area contributed by atoms with Crippen molar-refractivity contribution in [2.24, 2.45) is 0 Å². The highest BCUT2D eigenvalue weighted by Gasteiger charge is 2.09. The van der Waals surface area contributed by atoms with Crippen LogP contribution in [0.4, 0.5) is 0 Å². The molecule has 0 spiro atoms. The average Bonchev–Trinajstić information content (AvgIpc) is 2.57. The monoisotopic (exact) mass is 326 g/mol. The van der Waals surface area contributed by atoms with Crippen LogP contribution in [0.2, 0.25) is 0 Å². The normalized spacial score (nSPS) is 10.5. The van der Waals surface area contributed by atoms with Crippen LogP contribution in [0.5, 0.6) is 23.0 Å². The van der Waals surface area contributed by atoms with E-state index in [1.165, 1.54) is 31.4 Å². The summed E-state index contributed by atoms with van der Waals surface area (Å²) in [5, 5.41) is 18.7. The van der Waals surface area contributed by atoms with Gasteiger partial charge in [0.1, 0.15) is 0 Å². The van der Waals surface area contributed by atoms with Crippen molar-refractivity contribution in [3.63, 3.8) is 0 Å². The number of phenolic OH excluding ortho intramolecular Hbond substituents is 2. The molecule has 0 amide bonds. The third-order valence-electron chi connectivity index (χ3n) is 3.23. The highest BCUT2D eigenvalue weighted by atomic mass is 16.6. The number of allylic oxidation sites excluding steroid dienone is 1. The molecule has 0 saturated heterocycles. The van der Waals surface area contributed by atoms with Gasteiger partial charge in [-0.15, -0.1) is 6.58 Å². The summed E-state index contributed by atoms with van der Waals surface area (Å²) in [6.45, 7) is 3.68. The smallest absolute Gasteiger partial charge is 0.336 e. The summed E-state index contributed by atoms with van der Waals surface area (Å²) in [7, 11) is 1.50. The van der Waals surface area contributed by atoms with Gasteiger partial charge in [-0.05, 0) is 47.9 Å². The number of esters is 1. The molecule has 0 fully saturated rings. The van der Waals surface area contributed by atoms with Crippen LogP contribution in [0, 0.1) is 0 Å². The van der Waals surface area contributed by atoms with Gasteiger partial charge in [-0.3, -0.25) is 0 Å². The van der Waals surface area contributed by atoms with Gasteiger partial charge in [-0.25, -0.2) is 4.79 Å². The molecule has 24 heavy (non-hydrogen) atoms. The van der Waals surface area contributed by atoms with Gasteiger partial charge in [0, 0.05) is 6.08 Å². The van der Waals surface area contributed by atoms with Crippen molar-refractivity contribution in [1.82, 2.24) is 0 Å². The second kappa shape index (κ2) is 7.87. The number of hydrogen-bond acceptors (Lipinski definition) is 5. The minimum Gasteiger partial charge on any atom is -0.504 e. The molecular weight excluding hydrogens is 308 g/mol. The Hall–Kier alpha value is -3.21. The zero-order valence-electron chi connectivity index (χ0n) is 13.2. The Morgan fingerprint density at radius 3 is 2.58 bits per heavy atom. The number of carbonyl (C=O) groups excluding carboxylic acids is 1. The van der Waals surface area contributed by atoms with Crippen molar-refractivity contribution in [2.45, 2.75) is 6.42 Å². The number of aromatic hydroxyl groups is 2. The maximum atomic E-state index is 11.9. The fraction of sp³-hybridized carbons (Fsp3) is 0.105. The maximum Gasteiger partial charge on any atom is 0.336 e. The molecule has 2 aromatic rings. The zero-order valence-corrected chi connectivity index (χ0v) is 13.2. The van der Waals surface area contributed by atoms with E-state index < -0.39 is 5.97 Å². The van der Waals surface area contributed by atoms with Gasteiger partial charge in [0.25, 0.3) is 0 Å². The maximum absolute atomic E-state index is 11.9. The first-order chi connectivity index (χ1) is 11.5. The lowest BCUT2D eigenvalue weighted by atomic mass is 10.1. The Labute approximate surface area is 140 Å². The van der Waals surface area contributed by atoms with E-state index >= 15 is 0 Å². The van der Waals surface area contributed by atoms with Crippen LogP contribution < -0.4 is 9.47 Å².